The average molecular weight is 361 g/mol. The van der Waals surface area contributed by atoms with Gasteiger partial charge >= 0.3 is 6.03 Å². The van der Waals surface area contributed by atoms with Crippen molar-refractivity contribution in [3.05, 3.63) is 17.5 Å². The van der Waals surface area contributed by atoms with Crippen LogP contribution in [-0.2, 0) is 14.8 Å². The highest BCUT2D eigenvalue weighted by molar-refractivity contribution is 7.91. The molecule has 2 heterocycles. The fraction of sp³-hybridized carbons (Fsp3) is 0.538. The maximum atomic E-state index is 12.4. The number of urea groups is 1. The van der Waals surface area contributed by atoms with Gasteiger partial charge < -0.3 is 10.2 Å². The summed E-state index contributed by atoms with van der Waals surface area (Å²) in [6, 6.07) is 2.35. The molecule has 0 aromatic carbocycles. The predicted molar refractivity (Wildman–Crippen MR) is 85.8 cm³/mol. The standard InChI is InChI=1S/C13H20N4O4S2/c1-10(12(18)15-13(19)14-2)16-5-7-17(8-6-16)23(20,21)11-4-3-9-22-11/h3-4,9-10H,5-8H2,1-2H3,(H2,14,15,18,19)/p+1/t10-/m0/s1. The molecule has 8 nitrogen and oxygen atoms in total. The van der Waals surface area contributed by atoms with Crippen molar-refractivity contribution in [2.75, 3.05) is 33.2 Å². The zero-order valence-corrected chi connectivity index (χ0v) is 14.7. The second-order valence-corrected chi connectivity index (χ2v) is 8.40. The Hall–Kier alpha value is -1.49. The van der Waals surface area contributed by atoms with Crippen molar-refractivity contribution in [1.29, 1.82) is 0 Å². The molecule has 23 heavy (non-hydrogen) atoms. The first-order valence-electron chi connectivity index (χ1n) is 7.27. The number of nitrogens with zero attached hydrogens (tertiary/aromatic N) is 1. The molecule has 3 N–H and O–H groups in total. The zero-order chi connectivity index (χ0) is 17.0. The Morgan fingerprint density at radius 1 is 1.35 bits per heavy atom. The van der Waals surface area contributed by atoms with Crippen LogP contribution in [0.2, 0.25) is 0 Å². The van der Waals surface area contributed by atoms with Crippen LogP contribution >= 0.6 is 11.3 Å². The van der Waals surface area contributed by atoms with Crippen LogP contribution in [0.3, 0.4) is 0 Å². The van der Waals surface area contributed by atoms with Gasteiger partial charge in [0.05, 0.1) is 26.2 Å². The van der Waals surface area contributed by atoms with E-state index in [0.717, 1.165) is 4.90 Å². The number of carbonyl (C=O) groups is 2. The molecule has 3 amide bonds. The van der Waals surface area contributed by atoms with E-state index >= 15 is 0 Å². The van der Waals surface area contributed by atoms with E-state index in [-0.39, 0.29) is 5.91 Å². The van der Waals surface area contributed by atoms with Crippen molar-refractivity contribution in [3.8, 4) is 0 Å². The first-order valence-corrected chi connectivity index (χ1v) is 9.59. The molecule has 1 saturated heterocycles. The van der Waals surface area contributed by atoms with Gasteiger partial charge in [0, 0.05) is 7.05 Å². The first-order chi connectivity index (χ1) is 10.9. The highest BCUT2D eigenvalue weighted by Gasteiger charge is 2.35. The largest absolute Gasteiger partial charge is 0.341 e. The molecule has 0 radical (unpaired) electrons. The molecule has 0 unspecified atom stereocenters. The van der Waals surface area contributed by atoms with Crippen molar-refractivity contribution in [1.82, 2.24) is 14.9 Å². The lowest BCUT2D eigenvalue weighted by atomic mass is 10.2. The second-order valence-electron chi connectivity index (χ2n) is 5.28. The van der Waals surface area contributed by atoms with E-state index in [1.54, 1.807) is 24.4 Å². The van der Waals surface area contributed by atoms with Crippen molar-refractivity contribution in [2.45, 2.75) is 17.2 Å². The van der Waals surface area contributed by atoms with Gasteiger partial charge in [0.15, 0.2) is 6.04 Å². The number of hydrogen-bond acceptors (Lipinski definition) is 5. The number of hydrogen-bond donors (Lipinski definition) is 3. The van der Waals surface area contributed by atoms with Crippen LogP contribution in [0.4, 0.5) is 4.79 Å². The normalized spacial score (nSPS) is 18.3. The minimum Gasteiger partial charge on any atom is -0.341 e. The second kappa shape index (κ2) is 7.39. The first kappa shape index (κ1) is 17.9. The molecule has 1 aliphatic heterocycles. The number of imide groups is 1. The minimum absolute atomic E-state index is 0.339. The van der Waals surface area contributed by atoms with Crippen LogP contribution in [0.25, 0.3) is 0 Å². The summed E-state index contributed by atoms with van der Waals surface area (Å²) in [5.74, 6) is -0.367. The topological polar surface area (TPSA) is 100 Å². The molecule has 0 saturated carbocycles. The fourth-order valence-corrected chi connectivity index (χ4v) is 5.04. The third kappa shape index (κ3) is 4.08. The number of thiophene rings is 1. The number of carbonyl (C=O) groups excluding carboxylic acids is 2. The minimum atomic E-state index is -3.44. The summed E-state index contributed by atoms with van der Waals surface area (Å²) in [4.78, 5) is 24.1. The summed E-state index contributed by atoms with van der Waals surface area (Å²) >= 11 is 1.20. The van der Waals surface area contributed by atoms with Gasteiger partial charge in [-0.15, -0.1) is 11.3 Å². The Labute approximate surface area is 139 Å². The Balaban J connectivity index is 1.93. The highest BCUT2D eigenvalue weighted by atomic mass is 32.2. The maximum absolute atomic E-state index is 12.4. The summed E-state index contributed by atoms with van der Waals surface area (Å²) in [6.07, 6.45) is 0. The lowest BCUT2D eigenvalue weighted by molar-refractivity contribution is -0.917. The number of piperazine rings is 1. The molecule has 1 aliphatic rings. The molecule has 1 aromatic rings. The number of quaternary nitrogens is 1. The lowest BCUT2D eigenvalue weighted by Gasteiger charge is -2.33. The maximum Gasteiger partial charge on any atom is 0.321 e. The third-order valence-corrected chi connectivity index (χ3v) is 7.19. The van der Waals surface area contributed by atoms with E-state index in [1.165, 1.54) is 22.7 Å². The number of rotatable bonds is 4. The van der Waals surface area contributed by atoms with Gasteiger partial charge in [0.25, 0.3) is 15.9 Å². The van der Waals surface area contributed by atoms with Gasteiger partial charge in [0.1, 0.15) is 4.21 Å². The van der Waals surface area contributed by atoms with E-state index in [2.05, 4.69) is 10.6 Å². The molecule has 10 heteroatoms. The predicted octanol–water partition coefficient (Wildman–Crippen LogP) is -1.52. The van der Waals surface area contributed by atoms with E-state index in [9.17, 15) is 18.0 Å². The summed E-state index contributed by atoms with van der Waals surface area (Å²) in [6.45, 7) is 3.48. The average Bonchev–Trinajstić information content (AvgIpc) is 3.09. The monoisotopic (exact) mass is 361 g/mol. The van der Waals surface area contributed by atoms with Crippen LogP contribution in [0.15, 0.2) is 21.7 Å². The Kier molecular flexibility index (Phi) is 5.74. The number of amides is 3. The van der Waals surface area contributed by atoms with Crippen LogP contribution in [0, 0.1) is 0 Å². The van der Waals surface area contributed by atoms with Crippen LogP contribution in [-0.4, -0.2) is 63.9 Å². The van der Waals surface area contributed by atoms with Gasteiger partial charge in [-0.05, 0) is 18.4 Å². The lowest BCUT2D eigenvalue weighted by Crippen LogP contribution is -3.19. The molecular weight excluding hydrogens is 340 g/mol. The Bertz CT molecular complexity index is 652. The molecule has 1 atom stereocenters. The number of sulfonamides is 1. The van der Waals surface area contributed by atoms with Crippen LogP contribution in [0.1, 0.15) is 6.92 Å². The SMILES string of the molecule is CNC(=O)NC(=O)[C@H](C)[NH+]1CCN(S(=O)(=O)c2cccs2)CC1. The van der Waals surface area contributed by atoms with E-state index < -0.39 is 22.1 Å². The van der Waals surface area contributed by atoms with E-state index in [1.807, 2.05) is 0 Å². The van der Waals surface area contributed by atoms with Gasteiger partial charge in [-0.25, -0.2) is 13.2 Å². The van der Waals surface area contributed by atoms with Crippen LogP contribution < -0.4 is 15.5 Å². The van der Waals surface area contributed by atoms with Gasteiger partial charge in [0.2, 0.25) is 0 Å². The third-order valence-electron chi connectivity index (χ3n) is 3.92. The molecule has 128 valence electrons. The van der Waals surface area contributed by atoms with E-state index in [4.69, 9.17) is 0 Å². The van der Waals surface area contributed by atoms with Crippen molar-refractivity contribution < 1.29 is 22.9 Å². The smallest absolute Gasteiger partial charge is 0.321 e. The zero-order valence-electron chi connectivity index (χ0n) is 13.0. The molecule has 1 fully saturated rings. The molecule has 0 bridgehead atoms. The fourth-order valence-electron chi connectivity index (χ4n) is 2.45. The van der Waals surface area contributed by atoms with Crippen molar-refractivity contribution in [2.24, 2.45) is 0 Å². The molecular formula is C13H21N4O4S2+. The van der Waals surface area contributed by atoms with Gasteiger partial charge in [-0.1, -0.05) is 6.07 Å². The quantitative estimate of drug-likeness (QED) is 0.606. The van der Waals surface area contributed by atoms with Gasteiger partial charge in [-0.3, -0.25) is 10.1 Å². The summed E-state index contributed by atoms with van der Waals surface area (Å²) in [7, 11) is -2.00. The molecule has 0 spiro atoms. The Morgan fingerprint density at radius 2 is 2.00 bits per heavy atom. The summed E-state index contributed by atoms with van der Waals surface area (Å²) < 4.78 is 26.7. The molecule has 2 rings (SSSR count). The Morgan fingerprint density at radius 3 is 2.52 bits per heavy atom. The number of nitrogens with one attached hydrogen (secondary N) is 3. The highest BCUT2D eigenvalue weighted by Crippen LogP contribution is 2.20. The summed E-state index contributed by atoms with van der Waals surface area (Å²) in [5.41, 5.74) is 0. The van der Waals surface area contributed by atoms with Gasteiger partial charge in [-0.2, -0.15) is 4.31 Å². The van der Waals surface area contributed by atoms with E-state index in [0.29, 0.717) is 30.4 Å². The summed E-state index contributed by atoms with van der Waals surface area (Å²) in [5, 5.41) is 6.32. The van der Waals surface area contributed by atoms with Crippen molar-refractivity contribution in [3.63, 3.8) is 0 Å². The molecule has 0 aliphatic carbocycles. The van der Waals surface area contributed by atoms with Crippen LogP contribution in [0.5, 0.6) is 0 Å². The van der Waals surface area contributed by atoms with Crippen molar-refractivity contribution >= 4 is 33.3 Å². The molecule has 1 aromatic heterocycles.